The first-order chi connectivity index (χ1) is 8.38. The second-order valence-corrected chi connectivity index (χ2v) is 4.90. The standard InChI is InChI=1S/C13H20N2O3/c1-13(2,18)7-6-11(16)14-8-4-10-15-9-3-5-12(15)17/h18H,3-5,8-10H2,1-2H3,(H,14,16). The second-order valence-electron chi connectivity index (χ2n) is 4.90. The maximum Gasteiger partial charge on any atom is 0.295 e. The Balaban J connectivity index is 2.15. The van der Waals surface area contributed by atoms with Gasteiger partial charge in [0.2, 0.25) is 5.91 Å². The Kier molecular flexibility index (Phi) is 5.17. The molecule has 1 aliphatic heterocycles. The Bertz CT molecular complexity index is 374. The smallest absolute Gasteiger partial charge is 0.295 e. The summed E-state index contributed by atoms with van der Waals surface area (Å²) in [6.45, 7) is 5.03. The van der Waals surface area contributed by atoms with Gasteiger partial charge in [0, 0.05) is 26.1 Å². The molecule has 0 spiro atoms. The summed E-state index contributed by atoms with van der Waals surface area (Å²) in [7, 11) is 0. The van der Waals surface area contributed by atoms with Crippen LogP contribution >= 0.6 is 0 Å². The van der Waals surface area contributed by atoms with Crippen LogP contribution in [-0.2, 0) is 9.59 Å². The van der Waals surface area contributed by atoms with Gasteiger partial charge in [-0.25, -0.2) is 0 Å². The third-order valence-electron chi connectivity index (χ3n) is 2.54. The quantitative estimate of drug-likeness (QED) is 0.542. The molecule has 0 aromatic heterocycles. The molecule has 0 aromatic rings. The van der Waals surface area contributed by atoms with Gasteiger partial charge in [-0.3, -0.25) is 9.59 Å². The summed E-state index contributed by atoms with van der Waals surface area (Å²) in [5.41, 5.74) is -1.15. The molecule has 1 heterocycles. The third kappa shape index (κ3) is 5.69. The number of rotatable bonds is 4. The fourth-order valence-electron chi connectivity index (χ4n) is 1.67. The second kappa shape index (κ2) is 6.41. The minimum absolute atomic E-state index is 0.197. The normalized spacial score (nSPS) is 15.3. The number of hydrogen-bond acceptors (Lipinski definition) is 3. The van der Waals surface area contributed by atoms with Gasteiger partial charge >= 0.3 is 0 Å². The Morgan fingerprint density at radius 2 is 2.28 bits per heavy atom. The molecule has 1 rings (SSSR count). The van der Waals surface area contributed by atoms with E-state index in [0.29, 0.717) is 19.5 Å². The minimum Gasteiger partial charge on any atom is -0.378 e. The summed E-state index contributed by atoms with van der Waals surface area (Å²) < 4.78 is 0. The lowest BCUT2D eigenvalue weighted by molar-refractivity contribution is -0.127. The van der Waals surface area contributed by atoms with E-state index in [0.717, 1.165) is 19.4 Å². The Hall–Kier alpha value is -1.54. The van der Waals surface area contributed by atoms with Crippen LogP contribution in [0.15, 0.2) is 0 Å². The lowest BCUT2D eigenvalue weighted by Crippen LogP contribution is -2.30. The minimum atomic E-state index is -1.15. The van der Waals surface area contributed by atoms with Crippen LogP contribution < -0.4 is 5.32 Å². The topological polar surface area (TPSA) is 69.6 Å². The molecule has 0 aliphatic carbocycles. The van der Waals surface area contributed by atoms with E-state index in [2.05, 4.69) is 17.2 Å². The number of aliphatic hydroxyl groups is 1. The third-order valence-corrected chi connectivity index (χ3v) is 2.54. The van der Waals surface area contributed by atoms with Crippen molar-refractivity contribution < 1.29 is 14.7 Å². The van der Waals surface area contributed by atoms with E-state index < -0.39 is 11.5 Å². The lowest BCUT2D eigenvalue weighted by atomic mass is 10.1. The SMILES string of the molecule is CC(C)(O)C#CC(=O)NCCCN1CCCC1=O. The van der Waals surface area contributed by atoms with Gasteiger partial charge in [0.15, 0.2) is 0 Å². The van der Waals surface area contributed by atoms with E-state index in [1.165, 1.54) is 13.8 Å². The van der Waals surface area contributed by atoms with Gasteiger partial charge < -0.3 is 15.3 Å². The zero-order chi connectivity index (χ0) is 13.6. The van der Waals surface area contributed by atoms with Crippen molar-refractivity contribution in [3.05, 3.63) is 0 Å². The highest BCUT2D eigenvalue weighted by molar-refractivity contribution is 5.93. The van der Waals surface area contributed by atoms with Crippen LogP contribution in [0.3, 0.4) is 0 Å². The molecule has 0 saturated carbocycles. The first-order valence-corrected chi connectivity index (χ1v) is 6.20. The summed E-state index contributed by atoms with van der Waals surface area (Å²) >= 11 is 0. The van der Waals surface area contributed by atoms with Gasteiger partial charge in [0.1, 0.15) is 5.60 Å². The molecular formula is C13H20N2O3. The predicted molar refractivity (Wildman–Crippen MR) is 67.5 cm³/mol. The average Bonchev–Trinajstić information content (AvgIpc) is 2.67. The van der Waals surface area contributed by atoms with E-state index in [1.807, 2.05) is 4.90 Å². The molecular weight excluding hydrogens is 232 g/mol. The molecule has 1 saturated heterocycles. The summed E-state index contributed by atoms with van der Waals surface area (Å²) in [6.07, 6.45) is 2.30. The molecule has 1 fully saturated rings. The molecule has 2 N–H and O–H groups in total. The molecule has 0 bridgehead atoms. The molecule has 1 aliphatic rings. The number of carbonyl (C=O) groups excluding carboxylic acids is 2. The zero-order valence-electron chi connectivity index (χ0n) is 11.0. The van der Waals surface area contributed by atoms with Crippen LogP contribution in [0.5, 0.6) is 0 Å². The highest BCUT2D eigenvalue weighted by atomic mass is 16.3. The van der Waals surface area contributed by atoms with Gasteiger partial charge in [0.05, 0.1) is 0 Å². The van der Waals surface area contributed by atoms with Crippen LogP contribution in [0.25, 0.3) is 0 Å². The molecule has 0 unspecified atom stereocenters. The lowest BCUT2D eigenvalue weighted by Gasteiger charge is -2.14. The first-order valence-electron chi connectivity index (χ1n) is 6.20. The number of nitrogens with zero attached hydrogens (tertiary/aromatic N) is 1. The van der Waals surface area contributed by atoms with E-state index in [-0.39, 0.29) is 5.91 Å². The molecule has 0 radical (unpaired) electrons. The van der Waals surface area contributed by atoms with E-state index in [9.17, 15) is 14.7 Å². The van der Waals surface area contributed by atoms with Gasteiger partial charge in [-0.2, -0.15) is 0 Å². The van der Waals surface area contributed by atoms with Crippen LogP contribution in [0.2, 0.25) is 0 Å². The Labute approximate surface area is 108 Å². The summed E-state index contributed by atoms with van der Waals surface area (Å²) in [5, 5.41) is 11.9. The molecule has 5 heteroatoms. The van der Waals surface area contributed by atoms with Crippen molar-refractivity contribution in [1.29, 1.82) is 0 Å². The number of likely N-dealkylation sites (tertiary alicyclic amines) is 1. The van der Waals surface area contributed by atoms with Crippen molar-refractivity contribution >= 4 is 11.8 Å². The summed E-state index contributed by atoms with van der Waals surface area (Å²) in [5.74, 6) is 4.57. The molecule has 18 heavy (non-hydrogen) atoms. The van der Waals surface area contributed by atoms with Crippen LogP contribution in [-0.4, -0.2) is 47.1 Å². The molecule has 100 valence electrons. The maximum absolute atomic E-state index is 11.3. The summed E-state index contributed by atoms with van der Waals surface area (Å²) in [6, 6.07) is 0. The zero-order valence-corrected chi connectivity index (χ0v) is 11.0. The molecule has 0 aromatic carbocycles. The Morgan fingerprint density at radius 3 is 2.83 bits per heavy atom. The van der Waals surface area contributed by atoms with Crippen LogP contribution in [0.1, 0.15) is 33.1 Å². The van der Waals surface area contributed by atoms with Gasteiger partial charge in [-0.05, 0) is 32.6 Å². The molecule has 2 amide bonds. The van der Waals surface area contributed by atoms with Crippen molar-refractivity contribution in [3.8, 4) is 11.8 Å². The van der Waals surface area contributed by atoms with Crippen LogP contribution in [0, 0.1) is 11.8 Å². The number of carbonyl (C=O) groups is 2. The molecule has 0 atom stereocenters. The first kappa shape index (κ1) is 14.5. The monoisotopic (exact) mass is 252 g/mol. The Morgan fingerprint density at radius 1 is 1.56 bits per heavy atom. The van der Waals surface area contributed by atoms with Crippen molar-refractivity contribution in [1.82, 2.24) is 10.2 Å². The average molecular weight is 252 g/mol. The number of hydrogen-bond donors (Lipinski definition) is 2. The highest BCUT2D eigenvalue weighted by Crippen LogP contribution is 2.09. The van der Waals surface area contributed by atoms with Gasteiger partial charge in [-0.1, -0.05) is 5.92 Å². The fourth-order valence-corrected chi connectivity index (χ4v) is 1.67. The van der Waals surface area contributed by atoms with Crippen molar-refractivity contribution in [3.63, 3.8) is 0 Å². The predicted octanol–water partition coefficient (Wildman–Crippen LogP) is -0.111. The molecule has 5 nitrogen and oxygen atoms in total. The van der Waals surface area contributed by atoms with Gasteiger partial charge in [0.25, 0.3) is 5.91 Å². The van der Waals surface area contributed by atoms with Crippen molar-refractivity contribution in [2.24, 2.45) is 0 Å². The summed E-state index contributed by atoms with van der Waals surface area (Å²) in [4.78, 5) is 24.4. The fraction of sp³-hybridized carbons (Fsp3) is 0.692. The van der Waals surface area contributed by atoms with Crippen molar-refractivity contribution in [2.45, 2.75) is 38.7 Å². The van der Waals surface area contributed by atoms with Crippen LogP contribution in [0.4, 0.5) is 0 Å². The maximum atomic E-state index is 11.3. The highest BCUT2D eigenvalue weighted by Gasteiger charge is 2.18. The largest absolute Gasteiger partial charge is 0.378 e. The van der Waals surface area contributed by atoms with E-state index >= 15 is 0 Å². The van der Waals surface area contributed by atoms with Crippen molar-refractivity contribution in [2.75, 3.05) is 19.6 Å². The number of amides is 2. The number of nitrogens with one attached hydrogen (secondary N) is 1. The van der Waals surface area contributed by atoms with E-state index in [4.69, 9.17) is 0 Å². The van der Waals surface area contributed by atoms with E-state index in [1.54, 1.807) is 0 Å². The van der Waals surface area contributed by atoms with Gasteiger partial charge in [-0.15, -0.1) is 0 Å².